The lowest BCUT2D eigenvalue weighted by atomic mass is 10.3. The summed E-state index contributed by atoms with van der Waals surface area (Å²) < 4.78 is 6.34. The first-order valence-corrected chi connectivity index (χ1v) is 6.09. The number of nitrogen functional groups attached to an aromatic ring is 1. The fourth-order valence-corrected chi connectivity index (χ4v) is 1.86. The lowest BCUT2D eigenvalue weighted by Crippen LogP contribution is -2.12. The molecule has 0 radical (unpaired) electrons. The highest BCUT2D eigenvalue weighted by atomic mass is 127. The molecule has 98 valence electrons. The summed E-state index contributed by atoms with van der Waals surface area (Å²) >= 11 is 2.11. The van der Waals surface area contributed by atoms with Gasteiger partial charge in [-0.15, -0.1) is 0 Å². The van der Waals surface area contributed by atoms with Gasteiger partial charge >= 0.3 is 11.6 Å². The van der Waals surface area contributed by atoms with Gasteiger partial charge in [0.15, 0.2) is 0 Å². The van der Waals surface area contributed by atoms with E-state index < -0.39 is 10.6 Å². The molecule has 8 nitrogen and oxygen atoms in total. The van der Waals surface area contributed by atoms with Crippen molar-refractivity contribution in [3.8, 4) is 11.6 Å². The minimum atomic E-state index is -0.654. The van der Waals surface area contributed by atoms with E-state index in [1.54, 1.807) is 18.2 Å². The number of nitro groups is 1. The first-order chi connectivity index (χ1) is 9.11. The zero-order valence-electron chi connectivity index (χ0n) is 9.41. The maximum absolute atomic E-state index is 11.0. The van der Waals surface area contributed by atoms with Gasteiger partial charge in [-0.3, -0.25) is 10.1 Å². The van der Waals surface area contributed by atoms with E-state index in [1.807, 2.05) is 6.07 Å². The van der Waals surface area contributed by atoms with E-state index in [0.29, 0.717) is 5.75 Å². The molecule has 0 fully saturated rings. The Balaban J connectivity index is 2.42. The van der Waals surface area contributed by atoms with Gasteiger partial charge in [0.25, 0.3) is 0 Å². The van der Waals surface area contributed by atoms with Gasteiger partial charge < -0.3 is 10.2 Å². The van der Waals surface area contributed by atoms with E-state index in [0.717, 1.165) is 9.90 Å². The van der Waals surface area contributed by atoms with Gasteiger partial charge in [0.05, 0.1) is 4.92 Å². The fourth-order valence-electron chi connectivity index (χ4n) is 1.35. The number of hydrazine groups is 1. The van der Waals surface area contributed by atoms with Crippen LogP contribution >= 0.6 is 22.6 Å². The maximum atomic E-state index is 11.0. The van der Waals surface area contributed by atoms with E-state index in [4.69, 9.17) is 10.6 Å². The summed E-state index contributed by atoms with van der Waals surface area (Å²) in [5.41, 5.74) is 1.73. The van der Waals surface area contributed by atoms with Crippen molar-refractivity contribution in [2.75, 3.05) is 5.43 Å². The van der Waals surface area contributed by atoms with E-state index in [2.05, 4.69) is 38.0 Å². The predicted molar refractivity (Wildman–Crippen MR) is 75.7 cm³/mol. The van der Waals surface area contributed by atoms with Crippen LogP contribution in [0, 0.1) is 13.7 Å². The molecule has 1 heterocycles. The predicted octanol–water partition coefficient (Wildman–Crippen LogP) is 2.07. The summed E-state index contributed by atoms with van der Waals surface area (Å²) in [5.74, 6) is 5.33. The molecule has 2 rings (SSSR count). The molecule has 19 heavy (non-hydrogen) atoms. The molecule has 1 aromatic heterocycles. The van der Waals surface area contributed by atoms with Crippen molar-refractivity contribution in [3.63, 3.8) is 0 Å². The van der Waals surface area contributed by atoms with E-state index in [1.165, 1.54) is 0 Å². The Hall–Kier alpha value is -2.01. The van der Waals surface area contributed by atoms with Gasteiger partial charge in [-0.05, 0) is 40.8 Å². The molecule has 0 unspecified atom stereocenters. The number of benzene rings is 1. The first kappa shape index (κ1) is 13.4. The number of rotatable bonds is 4. The zero-order valence-corrected chi connectivity index (χ0v) is 11.6. The normalized spacial score (nSPS) is 10.0. The monoisotopic (exact) mass is 373 g/mol. The number of aromatic nitrogens is 2. The minimum Gasteiger partial charge on any atom is -0.434 e. The lowest BCUT2D eigenvalue weighted by Gasteiger charge is -2.07. The van der Waals surface area contributed by atoms with Crippen LogP contribution in [0.1, 0.15) is 0 Å². The third kappa shape index (κ3) is 3.06. The second kappa shape index (κ2) is 5.75. The summed E-state index contributed by atoms with van der Waals surface area (Å²) in [7, 11) is 0. The smallest absolute Gasteiger partial charge is 0.374 e. The number of nitrogens with one attached hydrogen (secondary N) is 1. The molecule has 2 aromatic rings. The number of ether oxygens (including phenoxy) is 1. The van der Waals surface area contributed by atoms with E-state index in [9.17, 15) is 10.1 Å². The molecule has 0 bridgehead atoms. The molecule has 0 aliphatic heterocycles. The summed E-state index contributed by atoms with van der Waals surface area (Å²) in [6.45, 7) is 0. The van der Waals surface area contributed by atoms with Crippen molar-refractivity contribution < 1.29 is 9.66 Å². The van der Waals surface area contributed by atoms with E-state index >= 15 is 0 Å². The lowest BCUT2D eigenvalue weighted by molar-refractivity contribution is -0.385. The zero-order chi connectivity index (χ0) is 13.8. The molecule has 0 aliphatic rings. The quantitative estimate of drug-likeness (QED) is 0.365. The van der Waals surface area contributed by atoms with Crippen LogP contribution in [0.15, 0.2) is 30.6 Å². The van der Waals surface area contributed by atoms with Crippen molar-refractivity contribution >= 4 is 34.1 Å². The van der Waals surface area contributed by atoms with Gasteiger partial charge in [-0.1, -0.05) is 6.07 Å². The molecular weight excluding hydrogens is 365 g/mol. The summed E-state index contributed by atoms with van der Waals surface area (Å²) in [5, 5.41) is 11.0. The minimum absolute atomic E-state index is 0.111. The SMILES string of the molecule is NNc1ncnc(Oc2cccc(I)c2)c1[N+](=O)[O-]. The maximum Gasteiger partial charge on any atom is 0.374 e. The molecule has 0 amide bonds. The van der Waals surface area contributed by atoms with Crippen LogP contribution < -0.4 is 16.0 Å². The largest absolute Gasteiger partial charge is 0.434 e. The van der Waals surface area contributed by atoms with Crippen molar-refractivity contribution in [2.45, 2.75) is 0 Å². The van der Waals surface area contributed by atoms with Crippen LogP contribution in [-0.2, 0) is 0 Å². The summed E-state index contributed by atoms with van der Waals surface area (Å²) in [6, 6.07) is 7.03. The van der Waals surface area contributed by atoms with Gasteiger partial charge in [-0.2, -0.15) is 4.98 Å². The average Bonchev–Trinajstić information content (AvgIpc) is 2.38. The highest BCUT2D eigenvalue weighted by Crippen LogP contribution is 2.33. The second-order valence-corrected chi connectivity index (χ2v) is 4.58. The Labute approximate surface area is 121 Å². The van der Waals surface area contributed by atoms with Crippen LogP contribution in [0.2, 0.25) is 0 Å². The molecule has 0 spiro atoms. The number of halogens is 1. The van der Waals surface area contributed by atoms with Gasteiger partial charge in [0.2, 0.25) is 5.82 Å². The Morgan fingerprint density at radius 2 is 2.21 bits per heavy atom. The number of hydrogen-bond acceptors (Lipinski definition) is 7. The average molecular weight is 373 g/mol. The number of hydrogen-bond donors (Lipinski definition) is 2. The number of nitrogens with zero attached hydrogens (tertiary/aromatic N) is 3. The Morgan fingerprint density at radius 3 is 2.84 bits per heavy atom. The van der Waals surface area contributed by atoms with Gasteiger partial charge in [-0.25, -0.2) is 10.8 Å². The molecule has 0 atom stereocenters. The van der Waals surface area contributed by atoms with Crippen molar-refractivity contribution in [2.24, 2.45) is 5.84 Å². The molecule has 3 N–H and O–H groups in total. The standard InChI is InChI=1S/C10H8IN5O3/c11-6-2-1-3-7(4-6)19-10-8(16(17)18)9(15-12)13-5-14-10/h1-5H,12H2,(H,13,14,15). The van der Waals surface area contributed by atoms with Gasteiger partial charge in [0.1, 0.15) is 12.1 Å². The van der Waals surface area contributed by atoms with Crippen molar-refractivity contribution in [1.29, 1.82) is 0 Å². The van der Waals surface area contributed by atoms with E-state index in [-0.39, 0.29) is 11.7 Å². The molecule has 0 aliphatic carbocycles. The molecule has 0 saturated heterocycles. The Bertz CT molecular complexity index is 622. The molecule has 9 heteroatoms. The van der Waals surface area contributed by atoms with Crippen LogP contribution in [-0.4, -0.2) is 14.9 Å². The van der Waals surface area contributed by atoms with Crippen LogP contribution in [0.5, 0.6) is 11.6 Å². The molecular formula is C10H8IN5O3. The summed E-state index contributed by atoms with van der Waals surface area (Å²) in [4.78, 5) is 17.8. The molecule has 1 aromatic carbocycles. The van der Waals surface area contributed by atoms with Crippen molar-refractivity contribution in [1.82, 2.24) is 9.97 Å². The highest BCUT2D eigenvalue weighted by molar-refractivity contribution is 14.1. The number of nitrogens with two attached hydrogens (primary N) is 1. The Kier molecular flexibility index (Phi) is 4.06. The van der Waals surface area contributed by atoms with Crippen LogP contribution in [0.4, 0.5) is 11.5 Å². The van der Waals surface area contributed by atoms with Crippen molar-refractivity contribution in [3.05, 3.63) is 44.3 Å². The topological polar surface area (TPSA) is 116 Å². The summed E-state index contributed by atoms with van der Waals surface area (Å²) in [6.07, 6.45) is 1.13. The van der Waals surface area contributed by atoms with Gasteiger partial charge in [0, 0.05) is 3.57 Å². The third-order valence-corrected chi connectivity index (χ3v) is 2.79. The third-order valence-electron chi connectivity index (χ3n) is 2.12. The number of anilines is 1. The van der Waals surface area contributed by atoms with Crippen LogP contribution in [0.25, 0.3) is 0 Å². The Morgan fingerprint density at radius 1 is 1.42 bits per heavy atom. The fraction of sp³-hybridized carbons (Fsp3) is 0. The molecule has 0 saturated carbocycles. The highest BCUT2D eigenvalue weighted by Gasteiger charge is 2.24. The van der Waals surface area contributed by atoms with Crippen LogP contribution in [0.3, 0.4) is 0 Å². The second-order valence-electron chi connectivity index (χ2n) is 3.34. The first-order valence-electron chi connectivity index (χ1n) is 5.01.